The van der Waals surface area contributed by atoms with Crippen molar-refractivity contribution in [2.45, 2.75) is 32.2 Å². The van der Waals surface area contributed by atoms with E-state index in [4.69, 9.17) is 11.6 Å². The largest absolute Gasteiger partial charge is 0.366 e. The van der Waals surface area contributed by atoms with E-state index < -0.39 is 0 Å². The molecule has 0 aliphatic carbocycles. The zero-order valence-corrected chi connectivity index (χ0v) is 13.0. The number of aromatic nitrogens is 1. The Morgan fingerprint density at radius 2 is 2.22 bits per heavy atom. The Kier molecular flexibility index (Phi) is 5.27. The highest BCUT2D eigenvalue weighted by atomic mass is 79.9. The average molecular weight is 333 g/mol. The van der Waals surface area contributed by atoms with Gasteiger partial charge in [-0.3, -0.25) is 0 Å². The fraction of sp³-hybridized carbons (Fsp3) is 0.615. The molecule has 1 aromatic heterocycles. The first-order chi connectivity index (χ1) is 8.69. The van der Waals surface area contributed by atoms with Crippen molar-refractivity contribution in [3.63, 3.8) is 0 Å². The van der Waals surface area contributed by atoms with E-state index in [1.54, 1.807) is 6.20 Å². The molecule has 0 bridgehead atoms. The Morgan fingerprint density at radius 3 is 2.83 bits per heavy atom. The van der Waals surface area contributed by atoms with Gasteiger partial charge in [0.1, 0.15) is 5.82 Å². The summed E-state index contributed by atoms with van der Waals surface area (Å²) >= 11 is 9.38. The molecule has 0 unspecified atom stereocenters. The van der Waals surface area contributed by atoms with Gasteiger partial charge in [-0.2, -0.15) is 0 Å². The molecule has 1 saturated heterocycles. The van der Waals surface area contributed by atoms with E-state index >= 15 is 0 Å². The molecule has 0 aromatic carbocycles. The predicted octanol–water partition coefficient (Wildman–Crippen LogP) is 3.78. The monoisotopic (exact) mass is 331 g/mol. The Balaban J connectivity index is 1.87. The number of rotatable bonds is 4. The zero-order chi connectivity index (χ0) is 13.0. The predicted molar refractivity (Wildman–Crippen MR) is 80.3 cm³/mol. The highest BCUT2D eigenvalue weighted by molar-refractivity contribution is 9.10. The van der Waals surface area contributed by atoms with Crippen LogP contribution in [-0.2, 0) is 0 Å². The van der Waals surface area contributed by atoms with Gasteiger partial charge in [-0.1, -0.05) is 18.5 Å². The van der Waals surface area contributed by atoms with E-state index in [0.717, 1.165) is 10.3 Å². The molecule has 100 valence electrons. The van der Waals surface area contributed by atoms with Crippen molar-refractivity contribution in [1.82, 2.24) is 9.88 Å². The number of hydrogen-bond acceptors (Lipinski definition) is 3. The summed E-state index contributed by atoms with van der Waals surface area (Å²) < 4.78 is 0.936. The third-order valence-electron chi connectivity index (χ3n) is 3.28. The maximum atomic E-state index is 5.89. The quantitative estimate of drug-likeness (QED) is 0.909. The molecular weight excluding hydrogens is 314 g/mol. The van der Waals surface area contributed by atoms with Crippen LogP contribution in [0.15, 0.2) is 16.7 Å². The van der Waals surface area contributed by atoms with E-state index in [2.05, 4.69) is 38.1 Å². The molecule has 1 aliphatic rings. The summed E-state index contributed by atoms with van der Waals surface area (Å²) in [7, 11) is 0. The van der Waals surface area contributed by atoms with Crippen molar-refractivity contribution >= 4 is 33.3 Å². The molecule has 0 atom stereocenters. The molecule has 18 heavy (non-hydrogen) atoms. The van der Waals surface area contributed by atoms with Crippen LogP contribution in [-0.4, -0.2) is 35.6 Å². The van der Waals surface area contributed by atoms with Gasteiger partial charge in [0.05, 0.1) is 9.50 Å². The van der Waals surface area contributed by atoms with Gasteiger partial charge < -0.3 is 10.2 Å². The highest BCUT2D eigenvalue weighted by Gasteiger charge is 2.19. The van der Waals surface area contributed by atoms with Crippen LogP contribution in [0.1, 0.15) is 26.2 Å². The summed E-state index contributed by atoms with van der Waals surface area (Å²) in [5, 5.41) is 4.15. The normalized spacial score (nSPS) is 17.9. The van der Waals surface area contributed by atoms with Crippen LogP contribution < -0.4 is 5.32 Å². The van der Waals surface area contributed by atoms with E-state index in [0.29, 0.717) is 11.1 Å². The van der Waals surface area contributed by atoms with Crippen LogP contribution in [0.2, 0.25) is 5.02 Å². The topological polar surface area (TPSA) is 28.2 Å². The van der Waals surface area contributed by atoms with Gasteiger partial charge in [0.2, 0.25) is 0 Å². The molecule has 1 N–H and O–H groups in total. The lowest BCUT2D eigenvalue weighted by molar-refractivity contribution is 0.219. The second-order valence-corrected chi connectivity index (χ2v) is 6.03. The Labute approximate surface area is 122 Å². The third kappa shape index (κ3) is 3.84. The van der Waals surface area contributed by atoms with Crippen molar-refractivity contribution in [3.8, 4) is 0 Å². The number of nitrogens with one attached hydrogen (secondary N) is 1. The van der Waals surface area contributed by atoms with Crippen molar-refractivity contribution < 1.29 is 0 Å². The molecule has 3 nitrogen and oxygen atoms in total. The van der Waals surface area contributed by atoms with Gasteiger partial charge in [-0.15, -0.1) is 0 Å². The molecule has 1 aliphatic heterocycles. The Morgan fingerprint density at radius 1 is 1.50 bits per heavy atom. The Hall–Kier alpha value is -0.320. The molecule has 1 fully saturated rings. The molecule has 2 rings (SSSR count). The van der Waals surface area contributed by atoms with Crippen LogP contribution in [0.3, 0.4) is 0 Å². The number of likely N-dealkylation sites (tertiary alicyclic amines) is 1. The van der Waals surface area contributed by atoms with Gasteiger partial charge >= 0.3 is 0 Å². The van der Waals surface area contributed by atoms with E-state index in [9.17, 15) is 0 Å². The van der Waals surface area contributed by atoms with Crippen molar-refractivity contribution in [3.05, 3.63) is 21.8 Å². The minimum atomic E-state index is 0.517. The van der Waals surface area contributed by atoms with Gasteiger partial charge in [0.15, 0.2) is 0 Å². The first-order valence-electron chi connectivity index (χ1n) is 6.49. The Bertz CT molecular complexity index is 392. The number of hydrogen-bond donors (Lipinski definition) is 1. The number of pyridine rings is 1. The van der Waals surface area contributed by atoms with Gasteiger partial charge in [-0.25, -0.2) is 4.98 Å². The maximum Gasteiger partial charge on any atom is 0.140 e. The number of halogens is 2. The summed E-state index contributed by atoms with van der Waals surface area (Å²) in [5.74, 6) is 0.897. The fourth-order valence-electron chi connectivity index (χ4n) is 2.33. The smallest absolute Gasteiger partial charge is 0.140 e. The lowest BCUT2D eigenvalue weighted by Gasteiger charge is -2.32. The second kappa shape index (κ2) is 6.73. The summed E-state index contributed by atoms with van der Waals surface area (Å²) in [5.41, 5.74) is 0. The lowest BCUT2D eigenvalue weighted by Crippen LogP contribution is -2.39. The summed E-state index contributed by atoms with van der Waals surface area (Å²) in [6, 6.07) is 2.39. The van der Waals surface area contributed by atoms with Crippen LogP contribution in [0, 0.1) is 0 Å². The van der Waals surface area contributed by atoms with Gasteiger partial charge in [0.25, 0.3) is 0 Å². The van der Waals surface area contributed by atoms with Crippen LogP contribution in [0.5, 0.6) is 0 Å². The summed E-state index contributed by atoms with van der Waals surface area (Å²) in [4.78, 5) is 6.85. The van der Waals surface area contributed by atoms with Crippen LogP contribution in [0.4, 0.5) is 5.82 Å². The number of nitrogens with zero attached hydrogens (tertiary/aromatic N) is 2. The average Bonchev–Trinajstić information content (AvgIpc) is 2.35. The standard InChI is InChI=1S/C13H19BrClN3/c1-2-5-18-6-3-11(4-7-18)17-13-12(14)8-10(15)9-16-13/h8-9,11H,2-7H2,1H3,(H,16,17). The number of anilines is 1. The summed E-state index contributed by atoms with van der Waals surface area (Å²) in [6.07, 6.45) is 5.27. The van der Waals surface area contributed by atoms with Crippen LogP contribution in [0.25, 0.3) is 0 Å². The minimum absolute atomic E-state index is 0.517. The van der Waals surface area contributed by atoms with Crippen molar-refractivity contribution in [2.75, 3.05) is 25.0 Å². The minimum Gasteiger partial charge on any atom is -0.366 e. The molecule has 0 amide bonds. The van der Waals surface area contributed by atoms with E-state index in [1.165, 1.54) is 38.9 Å². The second-order valence-electron chi connectivity index (χ2n) is 4.74. The maximum absolute atomic E-state index is 5.89. The van der Waals surface area contributed by atoms with Gasteiger partial charge in [-0.05, 0) is 47.8 Å². The van der Waals surface area contributed by atoms with Crippen LogP contribution >= 0.6 is 27.5 Å². The van der Waals surface area contributed by atoms with Crippen molar-refractivity contribution in [1.29, 1.82) is 0 Å². The number of piperidine rings is 1. The molecule has 1 aromatic rings. The molecule has 0 saturated carbocycles. The molecule has 5 heteroatoms. The van der Waals surface area contributed by atoms with Crippen molar-refractivity contribution in [2.24, 2.45) is 0 Å². The summed E-state index contributed by atoms with van der Waals surface area (Å²) in [6.45, 7) is 5.81. The third-order valence-corrected chi connectivity index (χ3v) is 4.09. The molecule has 0 spiro atoms. The van der Waals surface area contributed by atoms with E-state index in [1.807, 2.05) is 6.07 Å². The zero-order valence-electron chi connectivity index (χ0n) is 10.6. The van der Waals surface area contributed by atoms with Gasteiger partial charge in [0, 0.05) is 25.3 Å². The SMILES string of the molecule is CCCN1CCC(Nc2ncc(Cl)cc2Br)CC1. The highest BCUT2D eigenvalue weighted by Crippen LogP contribution is 2.25. The fourth-order valence-corrected chi connectivity index (χ4v) is 3.08. The van der Waals surface area contributed by atoms with E-state index in [-0.39, 0.29) is 0 Å². The molecule has 0 radical (unpaired) electrons. The first kappa shape index (κ1) is 14.1. The first-order valence-corrected chi connectivity index (χ1v) is 7.66. The molecule has 2 heterocycles. The lowest BCUT2D eigenvalue weighted by atomic mass is 10.0. The molecular formula is C13H19BrClN3.